The number of hydrogen-bond acceptors (Lipinski definition) is 6. The zero-order valence-electron chi connectivity index (χ0n) is 11.8. The van der Waals surface area contributed by atoms with E-state index in [0.717, 1.165) is 5.69 Å². The molecule has 0 aromatic carbocycles. The van der Waals surface area contributed by atoms with Crippen molar-refractivity contribution in [3.8, 4) is 0 Å². The SMILES string of the molecule is CNC(=O)Cn1cc(NCc2ccoc2C(=O)OC)cn1. The lowest BCUT2D eigenvalue weighted by molar-refractivity contribution is -0.121. The number of nitrogens with zero attached hydrogens (tertiary/aromatic N) is 2. The van der Waals surface area contributed by atoms with Gasteiger partial charge in [-0.3, -0.25) is 9.48 Å². The van der Waals surface area contributed by atoms with Gasteiger partial charge in [-0.2, -0.15) is 5.10 Å². The number of rotatable bonds is 6. The van der Waals surface area contributed by atoms with Gasteiger partial charge >= 0.3 is 5.97 Å². The van der Waals surface area contributed by atoms with Crippen molar-refractivity contribution < 1.29 is 18.7 Å². The number of anilines is 1. The van der Waals surface area contributed by atoms with Gasteiger partial charge in [-0.25, -0.2) is 4.79 Å². The number of carbonyl (C=O) groups is 2. The molecule has 112 valence electrons. The van der Waals surface area contributed by atoms with Gasteiger partial charge in [0.2, 0.25) is 11.7 Å². The molecule has 0 aliphatic carbocycles. The zero-order valence-corrected chi connectivity index (χ0v) is 11.8. The van der Waals surface area contributed by atoms with Crippen LogP contribution in [0.15, 0.2) is 29.1 Å². The van der Waals surface area contributed by atoms with E-state index in [9.17, 15) is 9.59 Å². The Morgan fingerprint density at radius 1 is 1.48 bits per heavy atom. The summed E-state index contributed by atoms with van der Waals surface area (Å²) in [5.41, 5.74) is 1.41. The predicted octanol–water partition coefficient (Wildman–Crippen LogP) is 0.621. The summed E-state index contributed by atoms with van der Waals surface area (Å²) < 4.78 is 11.2. The minimum Gasteiger partial charge on any atom is -0.463 e. The monoisotopic (exact) mass is 292 g/mol. The number of aromatic nitrogens is 2. The molecular formula is C13H16N4O4. The van der Waals surface area contributed by atoms with E-state index < -0.39 is 5.97 Å². The van der Waals surface area contributed by atoms with Gasteiger partial charge in [0.15, 0.2) is 0 Å². The molecule has 0 aliphatic rings. The number of likely N-dealkylation sites (N-methyl/N-ethyl adjacent to an activating group) is 1. The average Bonchev–Trinajstić information content (AvgIpc) is 3.13. The third-order valence-electron chi connectivity index (χ3n) is 2.82. The molecule has 0 saturated heterocycles. The first-order valence-corrected chi connectivity index (χ1v) is 6.25. The third-order valence-corrected chi connectivity index (χ3v) is 2.82. The first kappa shape index (κ1) is 14.6. The fraction of sp³-hybridized carbons (Fsp3) is 0.308. The molecule has 2 heterocycles. The van der Waals surface area contributed by atoms with Crippen LogP contribution in [-0.4, -0.2) is 35.8 Å². The normalized spacial score (nSPS) is 10.2. The third kappa shape index (κ3) is 3.62. The van der Waals surface area contributed by atoms with E-state index in [0.29, 0.717) is 12.1 Å². The van der Waals surface area contributed by atoms with Crippen LogP contribution in [0.1, 0.15) is 16.1 Å². The van der Waals surface area contributed by atoms with E-state index in [4.69, 9.17) is 4.42 Å². The first-order valence-electron chi connectivity index (χ1n) is 6.25. The number of hydrogen-bond donors (Lipinski definition) is 2. The number of carbonyl (C=O) groups excluding carboxylic acids is 2. The summed E-state index contributed by atoms with van der Waals surface area (Å²) >= 11 is 0. The lowest BCUT2D eigenvalue weighted by Crippen LogP contribution is -2.23. The highest BCUT2D eigenvalue weighted by Gasteiger charge is 2.15. The van der Waals surface area contributed by atoms with Crippen molar-refractivity contribution >= 4 is 17.6 Å². The van der Waals surface area contributed by atoms with Crippen LogP contribution in [0.25, 0.3) is 0 Å². The molecule has 8 heteroatoms. The van der Waals surface area contributed by atoms with Crippen LogP contribution in [0.4, 0.5) is 5.69 Å². The van der Waals surface area contributed by atoms with Crippen molar-refractivity contribution in [3.63, 3.8) is 0 Å². The fourth-order valence-corrected chi connectivity index (χ4v) is 1.71. The Bertz CT molecular complexity index is 632. The van der Waals surface area contributed by atoms with E-state index in [2.05, 4.69) is 20.5 Å². The number of furan rings is 1. The molecule has 2 aromatic rings. The number of amides is 1. The van der Waals surface area contributed by atoms with Crippen molar-refractivity contribution in [3.05, 3.63) is 36.0 Å². The van der Waals surface area contributed by atoms with Gasteiger partial charge in [0, 0.05) is 25.4 Å². The summed E-state index contributed by atoms with van der Waals surface area (Å²) in [5.74, 6) is -0.484. The highest BCUT2D eigenvalue weighted by atomic mass is 16.5. The molecule has 0 spiro atoms. The molecule has 0 atom stereocenters. The Labute approximate surface area is 121 Å². The van der Waals surface area contributed by atoms with E-state index in [1.54, 1.807) is 25.5 Å². The Morgan fingerprint density at radius 3 is 3.00 bits per heavy atom. The molecule has 2 rings (SSSR count). The summed E-state index contributed by atoms with van der Waals surface area (Å²) in [4.78, 5) is 22.7. The van der Waals surface area contributed by atoms with Gasteiger partial charge in [0.05, 0.1) is 25.3 Å². The number of ether oxygens (including phenoxy) is 1. The van der Waals surface area contributed by atoms with Crippen LogP contribution < -0.4 is 10.6 Å². The van der Waals surface area contributed by atoms with E-state index in [1.165, 1.54) is 18.1 Å². The Kier molecular flexibility index (Phi) is 4.60. The largest absolute Gasteiger partial charge is 0.463 e. The Morgan fingerprint density at radius 2 is 2.29 bits per heavy atom. The lowest BCUT2D eigenvalue weighted by atomic mass is 10.2. The van der Waals surface area contributed by atoms with Crippen LogP contribution in [0.2, 0.25) is 0 Å². The summed E-state index contributed by atoms with van der Waals surface area (Å²) in [6.07, 6.45) is 4.73. The molecular weight excluding hydrogens is 276 g/mol. The first-order chi connectivity index (χ1) is 10.1. The highest BCUT2D eigenvalue weighted by molar-refractivity contribution is 5.87. The zero-order chi connectivity index (χ0) is 15.2. The molecule has 2 N–H and O–H groups in total. The van der Waals surface area contributed by atoms with E-state index >= 15 is 0 Å². The van der Waals surface area contributed by atoms with Crippen molar-refractivity contribution in [2.75, 3.05) is 19.5 Å². The van der Waals surface area contributed by atoms with E-state index in [1.807, 2.05) is 0 Å². The second-order valence-electron chi connectivity index (χ2n) is 4.22. The summed E-state index contributed by atoms with van der Waals surface area (Å²) in [7, 11) is 2.86. The van der Waals surface area contributed by atoms with Crippen molar-refractivity contribution in [1.29, 1.82) is 0 Å². The quantitative estimate of drug-likeness (QED) is 0.757. The van der Waals surface area contributed by atoms with Gasteiger partial charge in [0.25, 0.3) is 0 Å². The molecule has 0 unspecified atom stereocenters. The molecule has 1 amide bonds. The van der Waals surface area contributed by atoms with Crippen molar-refractivity contribution in [1.82, 2.24) is 15.1 Å². The maximum atomic E-state index is 11.5. The molecule has 8 nitrogen and oxygen atoms in total. The van der Waals surface area contributed by atoms with E-state index in [-0.39, 0.29) is 18.2 Å². The standard InChI is InChI=1S/C13H16N4O4/c1-14-11(18)8-17-7-10(6-16-17)15-5-9-3-4-21-12(9)13(19)20-2/h3-4,6-7,15H,5,8H2,1-2H3,(H,14,18). The smallest absolute Gasteiger partial charge is 0.374 e. The van der Waals surface area contributed by atoms with Crippen molar-refractivity contribution in [2.45, 2.75) is 13.1 Å². The van der Waals surface area contributed by atoms with Crippen LogP contribution in [-0.2, 0) is 22.6 Å². The van der Waals surface area contributed by atoms with Crippen LogP contribution in [0.3, 0.4) is 0 Å². The average molecular weight is 292 g/mol. The van der Waals surface area contributed by atoms with Gasteiger partial charge in [0.1, 0.15) is 6.54 Å². The topological polar surface area (TPSA) is 98.4 Å². The van der Waals surface area contributed by atoms with Gasteiger partial charge < -0.3 is 19.8 Å². The number of esters is 1. The van der Waals surface area contributed by atoms with Gasteiger partial charge in [-0.05, 0) is 6.07 Å². The van der Waals surface area contributed by atoms with Gasteiger partial charge in [-0.1, -0.05) is 0 Å². The minimum atomic E-state index is -0.521. The molecule has 2 aromatic heterocycles. The summed E-state index contributed by atoms with van der Waals surface area (Å²) in [6.45, 7) is 0.532. The second kappa shape index (κ2) is 6.60. The van der Waals surface area contributed by atoms with Crippen LogP contribution >= 0.6 is 0 Å². The molecule has 0 fully saturated rings. The molecule has 0 radical (unpaired) electrons. The van der Waals surface area contributed by atoms with Crippen LogP contribution in [0.5, 0.6) is 0 Å². The molecule has 0 aliphatic heterocycles. The van der Waals surface area contributed by atoms with Crippen molar-refractivity contribution in [2.24, 2.45) is 0 Å². The lowest BCUT2D eigenvalue weighted by Gasteiger charge is -2.03. The summed E-state index contributed by atoms with van der Waals surface area (Å²) in [6, 6.07) is 1.69. The van der Waals surface area contributed by atoms with Crippen LogP contribution in [0, 0.1) is 0 Å². The maximum absolute atomic E-state index is 11.5. The Balaban J connectivity index is 1.96. The Hall–Kier alpha value is -2.77. The second-order valence-corrected chi connectivity index (χ2v) is 4.22. The number of methoxy groups -OCH3 is 1. The predicted molar refractivity (Wildman–Crippen MR) is 73.7 cm³/mol. The van der Waals surface area contributed by atoms with Gasteiger partial charge in [-0.15, -0.1) is 0 Å². The number of nitrogens with one attached hydrogen (secondary N) is 2. The molecule has 21 heavy (non-hydrogen) atoms. The minimum absolute atomic E-state index is 0.132. The summed E-state index contributed by atoms with van der Waals surface area (Å²) in [5, 5.41) is 9.67. The molecule has 0 saturated carbocycles. The fourth-order valence-electron chi connectivity index (χ4n) is 1.71. The molecule has 0 bridgehead atoms. The maximum Gasteiger partial charge on any atom is 0.374 e. The highest BCUT2D eigenvalue weighted by Crippen LogP contribution is 2.14.